The summed E-state index contributed by atoms with van der Waals surface area (Å²) >= 11 is 0. The molecule has 4 nitrogen and oxygen atoms in total. The average molecular weight is 260 g/mol. The maximum Gasteiger partial charge on any atom is 0.319 e. The van der Waals surface area contributed by atoms with Crippen molar-refractivity contribution in [3.8, 4) is 0 Å². The zero-order chi connectivity index (χ0) is 13.5. The molecule has 0 amide bonds. The van der Waals surface area contributed by atoms with Gasteiger partial charge in [-0.2, -0.15) is 0 Å². The average Bonchev–Trinajstić information content (AvgIpc) is 2.38. The van der Waals surface area contributed by atoms with Crippen molar-refractivity contribution in [2.45, 2.75) is 25.2 Å². The smallest absolute Gasteiger partial charge is 0.319 e. The van der Waals surface area contributed by atoms with Crippen molar-refractivity contribution in [3.63, 3.8) is 0 Å². The molecule has 0 spiro atoms. The highest BCUT2D eigenvalue weighted by molar-refractivity contribution is 6.03. The highest BCUT2D eigenvalue weighted by Gasteiger charge is 2.50. The van der Waals surface area contributed by atoms with E-state index in [0.29, 0.717) is 13.0 Å². The number of aliphatic carboxylic acids is 1. The summed E-state index contributed by atoms with van der Waals surface area (Å²) in [6.07, 6.45) is 1.43. The first kappa shape index (κ1) is 12.4. The predicted octanol–water partition coefficient (Wildman–Crippen LogP) is 1.78. The fraction of sp³-hybridized carbons (Fsp3) is 0.467. The minimum atomic E-state index is -1.34. The van der Waals surface area contributed by atoms with Crippen LogP contribution in [0.2, 0.25) is 0 Å². The molecule has 0 saturated carbocycles. The quantitative estimate of drug-likeness (QED) is 0.841. The lowest BCUT2D eigenvalue weighted by Crippen LogP contribution is -2.48. The van der Waals surface area contributed by atoms with Crippen LogP contribution >= 0.6 is 0 Å². The molecule has 1 aromatic rings. The van der Waals surface area contributed by atoms with E-state index in [1.807, 2.05) is 18.2 Å². The molecule has 1 aliphatic heterocycles. The number of hydrogen-bond acceptors (Lipinski definition) is 3. The molecule has 0 radical (unpaired) electrons. The molecule has 2 atom stereocenters. The van der Waals surface area contributed by atoms with Gasteiger partial charge in [-0.15, -0.1) is 0 Å². The van der Waals surface area contributed by atoms with Gasteiger partial charge in [0.1, 0.15) is 5.41 Å². The number of rotatable bonds is 3. The largest absolute Gasteiger partial charge is 0.480 e. The Labute approximate surface area is 111 Å². The van der Waals surface area contributed by atoms with Crippen LogP contribution < -0.4 is 0 Å². The molecule has 3 rings (SSSR count). The van der Waals surface area contributed by atoms with E-state index in [2.05, 4.69) is 6.07 Å². The van der Waals surface area contributed by atoms with Crippen molar-refractivity contribution in [2.75, 3.05) is 13.2 Å². The van der Waals surface area contributed by atoms with Gasteiger partial charge in [0.2, 0.25) is 0 Å². The third-order valence-electron chi connectivity index (χ3n) is 4.32. The van der Waals surface area contributed by atoms with Crippen molar-refractivity contribution in [1.29, 1.82) is 0 Å². The van der Waals surface area contributed by atoms with Gasteiger partial charge in [0.15, 0.2) is 5.78 Å². The molecule has 2 aliphatic rings. The SMILES string of the molecule is O=C(O)C1(CC2Cc3ccccc32)COCCC1=O. The summed E-state index contributed by atoms with van der Waals surface area (Å²) in [4.78, 5) is 23.7. The number of fused-ring (bicyclic) bond motifs is 1. The van der Waals surface area contributed by atoms with E-state index >= 15 is 0 Å². The summed E-state index contributed by atoms with van der Waals surface area (Å²) in [5.41, 5.74) is 1.11. The Kier molecular flexibility index (Phi) is 2.90. The monoisotopic (exact) mass is 260 g/mol. The molecule has 0 aromatic heterocycles. The van der Waals surface area contributed by atoms with E-state index < -0.39 is 11.4 Å². The Balaban J connectivity index is 1.84. The van der Waals surface area contributed by atoms with Crippen molar-refractivity contribution >= 4 is 11.8 Å². The Hall–Kier alpha value is -1.68. The summed E-state index contributed by atoms with van der Waals surface area (Å²) in [6.45, 7) is 0.356. The maximum absolute atomic E-state index is 12.1. The standard InChI is InChI=1S/C15H16O4/c16-13-5-6-19-9-15(13,14(17)18)8-11-7-10-3-1-2-4-12(10)11/h1-4,11H,5-9H2,(H,17,18). The van der Waals surface area contributed by atoms with Gasteiger partial charge in [-0.1, -0.05) is 24.3 Å². The second-order valence-electron chi connectivity index (χ2n) is 5.42. The van der Waals surface area contributed by atoms with Crippen molar-refractivity contribution in [2.24, 2.45) is 5.41 Å². The first-order valence-corrected chi connectivity index (χ1v) is 6.56. The summed E-state index contributed by atoms with van der Waals surface area (Å²) in [5, 5.41) is 9.47. The van der Waals surface area contributed by atoms with Gasteiger partial charge in [0.05, 0.1) is 13.2 Å². The van der Waals surface area contributed by atoms with Gasteiger partial charge in [0, 0.05) is 6.42 Å². The fourth-order valence-corrected chi connectivity index (χ4v) is 3.14. The fourth-order valence-electron chi connectivity index (χ4n) is 3.14. The van der Waals surface area contributed by atoms with E-state index in [1.165, 1.54) is 11.1 Å². The zero-order valence-corrected chi connectivity index (χ0v) is 10.6. The van der Waals surface area contributed by atoms with Crippen LogP contribution in [0.3, 0.4) is 0 Å². The number of benzene rings is 1. The zero-order valence-electron chi connectivity index (χ0n) is 10.6. The molecule has 1 aromatic carbocycles. The molecule has 1 fully saturated rings. The second kappa shape index (κ2) is 4.46. The highest BCUT2D eigenvalue weighted by Crippen LogP contribution is 2.44. The lowest BCUT2D eigenvalue weighted by molar-refractivity contribution is -0.165. The van der Waals surface area contributed by atoms with E-state index in [1.54, 1.807) is 0 Å². The maximum atomic E-state index is 12.1. The number of carboxylic acids is 1. The first-order valence-electron chi connectivity index (χ1n) is 6.56. The van der Waals surface area contributed by atoms with Gasteiger partial charge in [-0.05, 0) is 29.9 Å². The lowest BCUT2D eigenvalue weighted by Gasteiger charge is -2.38. The third-order valence-corrected chi connectivity index (χ3v) is 4.32. The first-order chi connectivity index (χ1) is 9.13. The highest BCUT2D eigenvalue weighted by atomic mass is 16.5. The number of carboxylic acid groups (broad SMARTS) is 1. The van der Waals surface area contributed by atoms with Crippen LogP contribution in [-0.4, -0.2) is 30.1 Å². The van der Waals surface area contributed by atoms with Crippen LogP contribution in [0.1, 0.15) is 29.9 Å². The Morgan fingerprint density at radius 1 is 1.42 bits per heavy atom. The van der Waals surface area contributed by atoms with E-state index in [0.717, 1.165) is 6.42 Å². The molecule has 1 aliphatic carbocycles. The predicted molar refractivity (Wildman–Crippen MR) is 68.0 cm³/mol. The van der Waals surface area contributed by atoms with Crippen molar-refractivity contribution < 1.29 is 19.4 Å². The number of carbonyl (C=O) groups excluding carboxylic acids is 1. The van der Waals surface area contributed by atoms with E-state index in [4.69, 9.17) is 4.74 Å². The lowest BCUT2D eigenvalue weighted by atomic mass is 9.66. The minimum Gasteiger partial charge on any atom is -0.480 e. The van der Waals surface area contributed by atoms with Crippen LogP contribution in [0, 0.1) is 5.41 Å². The number of ether oxygens (including phenoxy) is 1. The Morgan fingerprint density at radius 3 is 2.89 bits per heavy atom. The third kappa shape index (κ3) is 1.87. The summed E-state index contributed by atoms with van der Waals surface area (Å²) in [5.74, 6) is -1.06. The topological polar surface area (TPSA) is 63.6 Å². The van der Waals surface area contributed by atoms with Gasteiger partial charge in [-0.3, -0.25) is 9.59 Å². The molecular formula is C15H16O4. The number of Topliss-reactive ketones (excluding diaryl/α,β-unsaturated/α-hetero) is 1. The summed E-state index contributed by atoms with van der Waals surface area (Å²) < 4.78 is 5.27. The number of ketones is 1. The number of hydrogen-bond donors (Lipinski definition) is 1. The van der Waals surface area contributed by atoms with Crippen LogP contribution in [0.15, 0.2) is 24.3 Å². The minimum absolute atomic E-state index is 0.0137. The summed E-state index contributed by atoms with van der Waals surface area (Å²) in [7, 11) is 0. The van der Waals surface area contributed by atoms with Crippen LogP contribution in [0.5, 0.6) is 0 Å². The van der Waals surface area contributed by atoms with Crippen molar-refractivity contribution in [3.05, 3.63) is 35.4 Å². The van der Waals surface area contributed by atoms with Gasteiger partial charge in [0.25, 0.3) is 0 Å². The van der Waals surface area contributed by atoms with E-state index in [-0.39, 0.29) is 24.7 Å². The normalized spacial score (nSPS) is 29.5. The Bertz CT molecular complexity index is 537. The van der Waals surface area contributed by atoms with Crippen LogP contribution in [0.4, 0.5) is 0 Å². The molecule has 100 valence electrons. The Morgan fingerprint density at radius 2 is 2.21 bits per heavy atom. The molecule has 4 heteroatoms. The number of carbonyl (C=O) groups is 2. The molecule has 0 bridgehead atoms. The molecule has 1 N–H and O–H groups in total. The molecular weight excluding hydrogens is 244 g/mol. The molecule has 1 heterocycles. The summed E-state index contributed by atoms with van der Waals surface area (Å²) in [6, 6.07) is 8.01. The van der Waals surface area contributed by atoms with Crippen molar-refractivity contribution in [1.82, 2.24) is 0 Å². The van der Waals surface area contributed by atoms with Gasteiger partial charge in [-0.25, -0.2) is 0 Å². The van der Waals surface area contributed by atoms with Crippen LogP contribution in [-0.2, 0) is 20.7 Å². The second-order valence-corrected chi connectivity index (χ2v) is 5.42. The molecule has 1 saturated heterocycles. The molecule has 2 unspecified atom stereocenters. The van der Waals surface area contributed by atoms with Crippen LogP contribution in [0.25, 0.3) is 0 Å². The molecule has 19 heavy (non-hydrogen) atoms. The van der Waals surface area contributed by atoms with Gasteiger partial charge < -0.3 is 9.84 Å². The van der Waals surface area contributed by atoms with E-state index in [9.17, 15) is 14.7 Å². The van der Waals surface area contributed by atoms with Gasteiger partial charge >= 0.3 is 5.97 Å².